The Kier molecular flexibility index (Phi) is 4.86. The van der Waals surface area contributed by atoms with E-state index in [1.165, 1.54) is 60.4 Å². The molecule has 0 spiro atoms. The monoisotopic (exact) mass is 497 g/mol. The van der Waals surface area contributed by atoms with Gasteiger partial charge in [-0.15, -0.1) is 0 Å². The molecule has 0 aliphatic heterocycles. The van der Waals surface area contributed by atoms with Gasteiger partial charge < -0.3 is 0 Å². The molecule has 0 bridgehead atoms. The second-order valence-electron chi connectivity index (χ2n) is 10.1. The van der Waals surface area contributed by atoms with Crippen molar-refractivity contribution in [3.8, 4) is 33.4 Å². The van der Waals surface area contributed by atoms with E-state index < -0.39 is 0 Å². The van der Waals surface area contributed by atoms with Crippen molar-refractivity contribution in [2.75, 3.05) is 0 Å². The predicted octanol–water partition coefficient (Wildman–Crippen LogP) is 9.21. The molecule has 8 rings (SSSR count). The molecule has 1 N–H and O–H groups in total. The van der Waals surface area contributed by atoms with E-state index in [1.54, 1.807) is 0 Å². The molecule has 2 aromatic heterocycles. The van der Waals surface area contributed by atoms with Crippen LogP contribution in [0.3, 0.4) is 0 Å². The van der Waals surface area contributed by atoms with Crippen molar-refractivity contribution >= 4 is 38.2 Å². The maximum atomic E-state index is 3.91. The van der Waals surface area contributed by atoms with Crippen molar-refractivity contribution in [2.24, 2.45) is 0 Å². The number of aromatic amines is 1. The molecular weight excluding hydrogens is 472 g/mol. The number of hydrogen-bond acceptors (Lipinski definition) is 0. The Morgan fingerprint density at radius 3 is 1.77 bits per heavy atom. The van der Waals surface area contributed by atoms with E-state index in [2.05, 4.69) is 155 Å². The van der Waals surface area contributed by atoms with Crippen LogP contribution in [0.2, 0.25) is 0 Å². The molecule has 6 aromatic carbocycles. The lowest BCUT2D eigenvalue weighted by Crippen LogP contribution is -2.20. The van der Waals surface area contributed by atoms with Crippen molar-refractivity contribution in [3.05, 3.63) is 146 Å². The molecule has 0 aliphatic rings. The summed E-state index contributed by atoms with van der Waals surface area (Å²) in [5, 5.41) is 4.92. The lowest BCUT2D eigenvalue weighted by atomic mass is 9.88. The summed E-state index contributed by atoms with van der Waals surface area (Å²) < 4.78 is 2.34. The number of nitrogens with zero attached hydrogens (tertiary/aromatic N) is 1. The van der Waals surface area contributed by atoms with Crippen molar-refractivity contribution in [3.63, 3.8) is 0 Å². The van der Waals surface area contributed by atoms with Gasteiger partial charge in [0.2, 0.25) is 0 Å². The first-order valence-corrected chi connectivity index (χ1v) is 13.4. The maximum Gasteiger partial charge on any atom is 0.292 e. The van der Waals surface area contributed by atoms with E-state index in [-0.39, 0.29) is 0 Å². The molecule has 8 aromatic rings. The Hall–Kier alpha value is -5.21. The Morgan fingerprint density at radius 2 is 1.05 bits per heavy atom. The van der Waals surface area contributed by atoms with Gasteiger partial charge in [0.1, 0.15) is 0 Å². The van der Waals surface area contributed by atoms with Crippen molar-refractivity contribution in [1.29, 1.82) is 0 Å². The highest BCUT2D eigenvalue weighted by atomic mass is 15.0. The molecular formula is C37H25N2+. The van der Waals surface area contributed by atoms with Crippen LogP contribution in [0.1, 0.15) is 0 Å². The standard InChI is InChI=1S/C37H24N2/c1-4-12-25(13-5-1)29-20-21-31-32(24-29)33(27-15-6-2-7-16-27)35-36(34(31)28-17-8-3-9-18-28)39-23-22-26-14-10-11-19-30(26)37(39)38-35/h1-24H/p+1. The molecule has 0 aliphatic carbocycles. The molecule has 0 saturated carbocycles. The van der Waals surface area contributed by atoms with Gasteiger partial charge in [-0.05, 0) is 56.6 Å². The molecule has 0 amide bonds. The molecule has 0 unspecified atom stereocenters. The minimum atomic E-state index is 1.11. The van der Waals surface area contributed by atoms with Gasteiger partial charge in [-0.25, -0.2) is 4.98 Å². The average Bonchev–Trinajstić information content (AvgIpc) is 3.40. The van der Waals surface area contributed by atoms with Crippen molar-refractivity contribution < 1.29 is 4.40 Å². The molecule has 182 valence electrons. The lowest BCUT2D eigenvalue weighted by molar-refractivity contribution is -0.479. The number of rotatable bonds is 3. The molecule has 39 heavy (non-hydrogen) atoms. The molecule has 0 atom stereocenters. The molecule has 2 heterocycles. The normalized spacial score (nSPS) is 11.6. The van der Waals surface area contributed by atoms with E-state index in [9.17, 15) is 0 Å². The predicted molar refractivity (Wildman–Crippen MR) is 163 cm³/mol. The zero-order chi connectivity index (χ0) is 25.8. The van der Waals surface area contributed by atoms with Gasteiger partial charge in [-0.1, -0.05) is 121 Å². The number of pyridine rings is 1. The van der Waals surface area contributed by atoms with Crippen LogP contribution in [0.25, 0.3) is 71.6 Å². The summed E-state index contributed by atoms with van der Waals surface area (Å²) in [6, 6.07) is 50.0. The third-order valence-corrected chi connectivity index (χ3v) is 7.86. The van der Waals surface area contributed by atoms with Crippen LogP contribution in [0.5, 0.6) is 0 Å². The molecule has 2 nitrogen and oxygen atoms in total. The number of fused-ring (bicyclic) bond motifs is 6. The average molecular weight is 498 g/mol. The third-order valence-electron chi connectivity index (χ3n) is 7.86. The van der Waals surface area contributed by atoms with Crippen LogP contribution in [0.15, 0.2) is 146 Å². The van der Waals surface area contributed by atoms with Gasteiger partial charge in [0.25, 0.3) is 5.65 Å². The van der Waals surface area contributed by atoms with Crippen LogP contribution >= 0.6 is 0 Å². The van der Waals surface area contributed by atoms with Gasteiger partial charge in [0.15, 0.2) is 11.0 Å². The van der Waals surface area contributed by atoms with Gasteiger partial charge in [0, 0.05) is 11.1 Å². The minimum Gasteiger partial charge on any atom is -0.236 e. The molecule has 2 heteroatoms. The fourth-order valence-corrected chi connectivity index (χ4v) is 6.10. The fraction of sp³-hybridized carbons (Fsp3) is 0. The van der Waals surface area contributed by atoms with Crippen LogP contribution in [-0.2, 0) is 0 Å². The quantitative estimate of drug-likeness (QED) is 0.235. The van der Waals surface area contributed by atoms with Gasteiger partial charge in [-0.3, -0.25) is 0 Å². The molecule has 0 saturated heterocycles. The summed E-state index contributed by atoms with van der Waals surface area (Å²) >= 11 is 0. The smallest absolute Gasteiger partial charge is 0.236 e. The van der Waals surface area contributed by atoms with E-state index in [1.807, 2.05) is 0 Å². The SMILES string of the molecule is c1ccc(-c2ccc3c(-c4ccccc4)c4c([nH]c5c6ccccc6cc[n+]54)c(-c4ccccc4)c3c2)cc1. The topological polar surface area (TPSA) is 19.9 Å². The van der Waals surface area contributed by atoms with Gasteiger partial charge in [0.05, 0.1) is 11.6 Å². The zero-order valence-corrected chi connectivity index (χ0v) is 21.3. The summed E-state index contributed by atoms with van der Waals surface area (Å²) in [4.78, 5) is 3.91. The number of imidazole rings is 1. The summed E-state index contributed by atoms with van der Waals surface area (Å²) in [5.41, 5.74) is 10.8. The van der Waals surface area contributed by atoms with Crippen LogP contribution in [0, 0.1) is 0 Å². The largest absolute Gasteiger partial charge is 0.292 e. The third kappa shape index (κ3) is 3.39. The lowest BCUT2D eigenvalue weighted by Gasteiger charge is -2.14. The minimum absolute atomic E-state index is 1.11. The first-order chi connectivity index (χ1) is 19.4. The fourth-order valence-electron chi connectivity index (χ4n) is 6.10. The van der Waals surface area contributed by atoms with E-state index in [0.717, 1.165) is 11.2 Å². The number of hydrogen-bond donors (Lipinski definition) is 1. The van der Waals surface area contributed by atoms with Gasteiger partial charge >= 0.3 is 0 Å². The number of nitrogens with one attached hydrogen (secondary N) is 1. The van der Waals surface area contributed by atoms with Crippen molar-refractivity contribution in [1.82, 2.24) is 4.98 Å². The maximum absolute atomic E-state index is 3.91. The number of aromatic nitrogens is 2. The Bertz CT molecular complexity index is 2140. The summed E-state index contributed by atoms with van der Waals surface area (Å²) in [5.74, 6) is 0. The number of H-pyrrole nitrogens is 1. The van der Waals surface area contributed by atoms with Crippen LogP contribution < -0.4 is 4.40 Å². The van der Waals surface area contributed by atoms with Crippen molar-refractivity contribution in [2.45, 2.75) is 0 Å². The Morgan fingerprint density at radius 1 is 0.436 bits per heavy atom. The molecule has 0 radical (unpaired) electrons. The van der Waals surface area contributed by atoms with Crippen LogP contribution in [-0.4, -0.2) is 4.98 Å². The first kappa shape index (κ1) is 21.8. The summed E-state index contributed by atoms with van der Waals surface area (Å²) in [6.45, 7) is 0. The van der Waals surface area contributed by atoms with E-state index >= 15 is 0 Å². The zero-order valence-electron chi connectivity index (χ0n) is 21.3. The van der Waals surface area contributed by atoms with Crippen LogP contribution in [0.4, 0.5) is 0 Å². The summed E-state index contributed by atoms with van der Waals surface area (Å²) in [7, 11) is 0. The second kappa shape index (κ2) is 8.68. The second-order valence-corrected chi connectivity index (χ2v) is 10.1. The highest BCUT2D eigenvalue weighted by molar-refractivity contribution is 6.20. The highest BCUT2D eigenvalue weighted by Gasteiger charge is 2.26. The highest BCUT2D eigenvalue weighted by Crippen LogP contribution is 2.43. The molecule has 0 fully saturated rings. The van der Waals surface area contributed by atoms with E-state index in [4.69, 9.17) is 0 Å². The Labute approximate surface area is 226 Å². The first-order valence-electron chi connectivity index (χ1n) is 13.4. The van der Waals surface area contributed by atoms with E-state index in [0.29, 0.717) is 0 Å². The van der Waals surface area contributed by atoms with Gasteiger partial charge in [-0.2, -0.15) is 4.40 Å². The number of benzene rings is 6. The summed E-state index contributed by atoms with van der Waals surface area (Å²) in [6.07, 6.45) is 2.21. The Balaban J connectivity index is 1.63.